The van der Waals surface area contributed by atoms with E-state index in [4.69, 9.17) is 4.74 Å². The van der Waals surface area contributed by atoms with Crippen LogP contribution in [0.5, 0.6) is 0 Å². The van der Waals surface area contributed by atoms with Gasteiger partial charge >= 0.3 is 5.97 Å². The second-order valence-corrected chi connectivity index (χ2v) is 6.11. The number of sulfonamides is 1. The third kappa shape index (κ3) is 4.04. The molecule has 0 atom stereocenters. The number of rotatable bonds is 6. The highest BCUT2D eigenvalue weighted by Crippen LogP contribution is 2.15. The van der Waals surface area contributed by atoms with Crippen LogP contribution in [0.3, 0.4) is 0 Å². The molecule has 0 N–H and O–H groups in total. The minimum atomic E-state index is -3.64. The van der Waals surface area contributed by atoms with E-state index >= 15 is 0 Å². The molecule has 0 saturated heterocycles. The SMILES string of the molecule is CCOC(=O)CN(C)S(=O)(=O)c1ccc(CC)cc1. The number of ether oxygens (including phenoxy) is 1. The summed E-state index contributed by atoms with van der Waals surface area (Å²) >= 11 is 0. The minimum Gasteiger partial charge on any atom is -0.465 e. The maximum absolute atomic E-state index is 12.2. The lowest BCUT2D eigenvalue weighted by atomic mass is 10.2. The molecule has 0 aliphatic rings. The van der Waals surface area contributed by atoms with Gasteiger partial charge in [-0.25, -0.2) is 8.42 Å². The Morgan fingerprint density at radius 2 is 1.79 bits per heavy atom. The molecule has 0 fully saturated rings. The first kappa shape index (κ1) is 15.7. The Bertz CT molecular complexity index is 522. The van der Waals surface area contributed by atoms with Crippen LogP contribution in [-0.2, 0) is 26.0 Å². The highest BCUT2D eigenvalue weighted by atomic mass is 32.2. The maximum Gasteiger partial charge on any atom is 0.321 e. The fraction of sp³-hybridized carbons (Fsp3) is 0.462. The van der Waals surface area contributed by atoms with Gasteiger partial charge in [-0.3, -0.25) is 4.79 Å². The van der Waals surface area contributed by atoms with Crippen molar-refractivity contribution >= 4 is 16.0 Å². The van der Waals surface area contributed by atoms with Crippen LogP contribution >= 0.6 is 0 Å². The van der Waals surface area contributed by atoms with E-state index in [1.165, 1.54) is 7.05 Å². The highest BCUT2D eigenvalue weighted by Gasteiger charge is 2.23. The van der Waals surface area contributed by atoms with Gasteiger partial charge in [-0.1, -0.05) is 19.1 Å². The summed E-state index contributed by atoms with van der Waals surface area (Å²) in [5, 5.41) is 0. The molecular weight excluding hydrogens is 266 g/mol. The molecule has 0 amide bonds. The summed E-state index contributed by atoms with van der Waals surface area (Å²) < 4.78 is 30.1. The van der Waals surface area contributed by atoms with E-state index in [0.29, 0.717) is 0 Å². The normalized spacial score (nSPS) is 11.6. The molecule has 1 aromatic carbocycles. The summed E-state index contributed by atoms with van der Waals surface area (Å²) in [6.07, 6.45) is 0.846. The molecule has 106 valence electrons. The van der Waals surface area contributed by atoms with Gasteiger partial charge in [-0.05, 0) is 31.0 Å². The van der Waals surface area contributed by atoms with E-state index in [2.05, 4.69) is 0 Å². The predicted molar refractivity (Wildman–Crippen MR) is 72.3 cm³/mol. The first-order valence-corrected chi connectivity index (χ1v) is 7.56. The Morgan fingerprint density at radius 1 is 1.21 bits per heavy atom. The van der Waals surface area contributed by atoms with Crippen LogP contribution in [0.1, 0.15) is 19.4 Å². The number of esters is 1. The first-order chi connectivity index (χ1) is 8.91. The Kier molecular flexibility index (Phi) is 5.50. The van der Waals surface area contributed by atoms with Gasteiger partial charge in [0, 0.05) is 7.05 Å². The molecule has 5 nitrogen and oxygen atoms in total. The average Bonchev–Trinajstić information content (AvgIpc) is 2.39. The Morgan fingerprint density at radius 3 is 2.26 bits per heavy atom. The van der Waals surface area contributed by atoms with Gasteiger partial charge in [0.2, 0.25) is 10.0 Å². The van der Waals surface area contributed by atoms with Crippen molar-refractivity contribution in [1.29, 1.82) is 0 Å². The topological polar surface area (TPSA) is 63.7 Å². The minimum absolute atomic E-state index is 0.177. The quantitative estimate of drug-likeness (QED) is 0.742. The molecule has 6 heteroatoms. The highest BCUT2D eigenvalue weighted by molar-refractivity contribution is 7.89. The van der Waals surface area contributed by atoms with Crippen LogP contribution in [0.25, 0.3) is 0 Å². The fourth-order valence-electron chi connectivity index (χ4n) is 1.55. The molecule has 0 bridgehead atoms. The smallest absolute Gasteiger partial charge is 0.321 e. The number of likely N-dealkylation sites (N-methyl/N-ethyl adjacent to an activating group) is 1. The van der Waals surface area contributed by atoms with Crippen molar-refractivity contribution in [3.05, 3.63) is 29.8 Å². The number of benzene rings is 1. The molecule has 1 aromatic rings. The average molecular weight is 285 g/mol. The van der Waals surface area contributed by atoms with Crippen molar-refractivity contribution in [1.82, 2.24) is 4.31 Å². The van der Waals surface area contributed by atoms with Crippen LogP contribution in [0.15, 0.2) is 29.2 Å². The molecule has 0 aromatic heterocycles. The molecule has 0 unspecified atom stereocenters. The lowest BCUT2D eigenvalue weighted by Gasteiger charge is -2.16. The number of carbonyl (C=O) groups excluding carboxylic acids is 1. The monoisotopic (exact) mass is 285 g/mol. The molecule has 0 saturated carbocycles. The lowest BCUT2D eigenvalue weighted by Crippen LogP contribution is -2.33. The third-order valence-electron chi connectivity index (χ3n) is 2.70. The molecule has 0 spiro atoms. The van der Waals surface area contributed by atoms with Crippen LogP contribution in [0, 0.1) is 0 Å². The molecule has 0 heterocycles. The van der Waals surface area contributed by atoms with E-state index in [1.54, 1.807) is 31.2 Å². The van der Waals surface area contributed by atoms with Gasteiger partial charge < -0.3 is 4.74 Å². The third-order valence-corrected chi connectivity index (χ3v) is 4.51. The summed E-state index contributed by atoms with van der Waals surface area (Å²) in [4.78, 5) is 11.5. The van der Waals surface area contributed by atoms with E-state index in [9.17, 15) is 13.2 Å². The number of hydrogen-bond acceptors (Lipinski definition) is 4. The molecule has 1 rings (SSSR count). The number of carbonyl (C=O) groups is 1. The summed E-state index contributed by atoms with van der Waals surface area (Å²) in [5.74, 6) is -0.557. The number of nitrogens with zero attached hydrogens (tertiary/aromatic N) is 1. The largest absolute Gasteiger partial charge is 0.465 e. The van der Waals surface area contributed by atoms with Crippen molar-refractivity contribution in [3.63, 3.8) is 0 Å². The van der Waals surface area contributed by atoms with Crippen LogP contribution in [0.2, 0.25) is 0 Å². The standard InChI is InChI=1S/C13H19NO4S/c1-4-11-6-8-12(9-7-11)19(16,17)14(3)10-13(15)18-5-2/h6-9H,4-5,10H2,1-3H3. The van der Waals surface area contributed by atoms with Crippen molar-refractivity contribution in [2.24, 2.45) is 0 Å². The molecule has 0 radical (unpaired) electrons. The molecule has 19 heavy (non-hydrogen) atoms. The predicted octanol–water partition coefficient (Wildman–Crippen LogP) is 1.43. The maximum atomic E-state index is 12.2. The summed E-state index contributed by atoms with van der Waals surface area (Å²) in [5.41, 5.74) is 1.06. The van der Waals surface area contributed by atoms with E-state index in [-0.39, 0.29) is 18.0 Å². The molecule has 0 aliphatic carbocycles. The van der Waals surface area contributed by atoms with Crippen molar-refractivity contribution in [3.8, 4) is 0 Å². The fourth-order valence-corrected chi connectivity index (χ4v) is 2.67. The van der Waals surface area contributed by atoms with Gasteiger partial charge in [0.15, 0.2) is 0 Å². The van der Waals surface area contributed by atoms with Crippen LogP contribution in [-0.4, -0.2) is 38.9 Å². The second-order valence-electron chi connectivity index (χ2n) is 4.06. The van der Waals surface area contributed by atoms with E-state index in [0.717, 1.165) is 16.3 Å². The summed E-state index contributed by atoms with van der Waals surface area (Å²) in [7, 11) is -2.28. The van der Waals surface area contributed by atoms with Crippen molar-refractivity contribution in [2.45, 2.75) is 25.2 Å². The Balaban J connectivity index is 2.86. The zero-order valence-corrected chi connectivity index (χ0v) is 12.2. The summed E-state index contributed by atoms with van der Waals surface area (Å²) in [6.45, 7) is 3.62. The zero-order valence-electron chi connectivity index (χ0n) is 11.4. The van der Waals surface area contributed by atoms with Gasteiger partial charge in [0.1, 0.15) is 6.54 Å². The van der Waals surface area contributed by atoms with Gasteiger partial charge in [-0.2, -0.15) is 4.31 Å². The number of hydrogen-bond donors (Lipinski definition) is 0. The van der Waals surface area contributed by atoms with Crippen molar-refractivity contribution < 1.29 is 17.9 Å². The Hall–Kier alpha value is -1.40. The van der Waals surface area contributed by atoms with E-state index < -0.39 is 16.0 Å². The first-order valence-electron chi connectivity index (χ1n) is 6.12. The molecular formula is C13H19NO4S. The van der Waals surface area contributed by atoms with Gasteiger partial charge in [0.25, 0.3) is 0 Å². The van der Waals surface area contributed by atoms with E-state index in [1.807, 2.05) is 6.92 Å². The second kappa shape index (κ2) is 6.68. The van der Waals surface area contributed by atoms with Crippen LogP contribution < -0.4 is 0 Å². The zero-order chi connectivity index (χ0) is 14.5. The van der Waals surface area contributed by atoms with Gasteiger partial charge in [-0.15, -0.1) is 0 Å². The summed E-state index contributed by atoms with van der Waals surface area (Å²) in [6, 6.07) is 6.64. The van der Waals surface area contributed by atoms with Crippen molar-refractivity contribution in [2.75, 3.05) is 20.2 Å². The van der Waals surface area contributed by atoms with Crippen LogP contribution in [0.4, 0.5) is 0 Å². The lowest BCUT2D eigenvalue weighted by molar-refractivity contribution is -0.143. The Labute approximate surface area is 114 Å². The van der Waals surface area contributed by atoms with Gasteiger partial charge in [0.05, 0.1) is 11.5 Å². The molecule has 0 aliphatic heterocycles. The number of aryl methyl sites for hydroxylation is 1.